The van der Waals surface area contributed by atoms with Crippen molar-refractivity contribution < 1.29 is 0 Å². The number of hydrogen-bond acceptors (Lipinski definition) is 0. The number of rotatable bonds is 4. The Hall–Kier alpha value is -1.30. The molecular weight excluding hydrogens is 144 g/mol. The molecule has 1 aromatic carbocycles. The van der Waals surface area contributed by atoms with Gasteiger partial charge in [-0.15, -0.1) is 0 Å². The van der Waals surface area contributed by atoms with E-state index in [0.717, 1.165) is 12.8 Å². The fraction of sp³-hybridized carbons (Fsp3) is 0.167. The zero-order chi connectivity index (χ0) is 8.65. The summed E-state index contributed by atoms with van der Waals surface area (Å²) in [4.78, 5) is 0. The highest BCUT2D eigenvalue weighted by molar-refractivity contribution is 5.17. The van der Waals surface area contributed by atoms with Gasteiger partial charge in [0.15, 0.2) is 0 Å². The molecule has 0 aliphatic carbocycles. The smallest absolute Gasteiger partial charge is 0.00973 e. The fourth-order valence-electron chi connectivity index (χ4n) is 1.01. The van der Waals surface area contributed by atoms with E-state index >= 15 is 0 Å². The molecule has 0 saturated heterocycles. The lowest BCUT2D eigenvalue weighted by Crippen LogP contribution is -1.77. The first-order valence-electron chi connectivity index (χ1n) is 4.16. The van der Waals surface area contributed by atoms with Gasteiger partial charge in [0.1, 0.15) is 0 Å². The molecule has 1 aromatic rings. The Bertz CT molecular complexity index is 244. The molecule has 0 spiro atoms. The quantitative estimate of drug-likeness (QED) is 0.589. The monoisotopic (exact) mass is 157 g/mol. The molecule has 61 valence electrons. The second-order valence-electron chi connectivity index (χ2n) is 2.63. The number of benzene rings is 1. The molecule has 0 heteroatoms. The Morgan fingerprint density at radius 2 is 1.83 bits per heavy atom. The number of hydrogen-bond donors (Lipinski definition) is 0. The summed E-state index contributed by atoms with van der Waals surface area (Å²) in [6.45, 7) is 5.23. The third kappa shape index (κ3) is 3.20. The lowest BCUT2D eigenvalue weighted by atomic mass is 10.1. The maximum atomic E-state index is 5.23. The molecule has 1 rings (SSSR count). The van der Waals surface area contributed by atoms with Crippen LogP contribution in [-0.2, 0) is 6.42 Å². The molecule has 1 radical (unpaired) electrons. The van der Waals surface area contributed by atoms with Crippen molar-refractivity contribution in [1.82, 2.24) is 0 Å². The summed E-state index contributed by atoms with van der Waals surface area (Å²) in [6.07, 6.45) is 7.72. The average molecular weight is 157 g/mol. The van der Waals surface area contributed by atoms with Crippen molar-refractivity contribution in [3.05, 3.63) is 60.7 Å². The van der Waals surface area contributed by atoms with Gasteiger partial charge in [-0.2, -0.15) is 0 Å². The van der Waals surface area contributed by atoms with Crippen LogP contribution in [0.2, 0.25) is 0 Å². The topological polar surface area (TPSA) is 0 Å². The summed E-state index contributed by atoms with van der Waals surface area (Å²) in [5.74, 6) is 0. The Labute approximate surface area is 74.2 Å². The molecule has 12 heavy (non-hydrogen) atoms. The Morgan fingerprint density at radius 1 is 1.08 bits per heavy atom. The first-order valence-corrected chi connectivity index (χ1v) is 4.16. The van der Waals surface area contributed by atoms with Crippen molar-refractivity contribution in [2.24, 2.45) is 0 Å². The standard InChI is InChI=1S/C12H13/c1-2-3-4-6-9-12-10-7-5-8-11-12/h1-2,4-8,10-11H,3,9H2. The van der Waals surface area contributed by atoms with Crippen molar-refractivity contribution in [1.29, 1.82) is 0 Å². The van der Waals surface area contributed by atoms with Crippen LogP contribution in [0.15, 0.2) is 48.6 Å². The zero-order valence-electron chi connectivity index (χ0n) is 7.11. The first-order chi connectivity index (χ1) is 5.93. The van der Waals surface area contributed by atoms with E-state index in [1.807, 2.05) is 6.07 Å². The van der Waals surface area contributed by atoms with E-state index in [2.05, 4.69) is 36.4 Å². The Balaban J connectivity index is 2.38. The largest absolute Gasteiger partial charge is 0.0844 e. The summed E-state index contributed by atoms with van der Waals surface area (Å²) in [7, 11) is 0. The normalized spacial score (nSPS) is 10.3. The molecule has 0 N–H and O–H groups in total. The van der Waals surface area contributed by atoms with Gasteiger partial charge in [-0.1, -0.05) is 55.1 Å². The van der Waals surface area contributed by atoms with E-state index in [-0.39, 0.29) is 0 Å². The predicted molar refractivity (Wildman–Crippen MR) is 52.8 cm³/mol. The van der Waals surface area contributed by atoms with Crippen LogP contribution in [0.5, 0.6) is 0 Å². The van der Waals surface area contributed by atoms with Crippen LogP contribution >= 0.6 is 0 Å². The summed E-state index contributed by atoms with van der Waals surface area (Å²) in [6, 6.07) is 10.4. The molecule has 0 unspecified atom stereocenters. The average Bonchev–Trinajstić information content (AvgIpc) is 2.14. The van der Waals surface area contributed by atoms with E-state index in [1.54, 1.807) is 6.08 Å². The van der Waals surface area contributed by atoms with E-state index in [1.165, 1.54) is 5.56 Å². The maximum Gasteiger partial charge on any atom is -0.00973 e. The van der Waals surface area contributed by atoms with E-state index < -0.39 is 0 Å². The minimum absolute atomic E-state index is 0.854. The molecule has 0 aliphatic rings. The second kappa shape index (κ2) is 5.36. The molecule has 0 bridgehead atoms. The second-order valence-corrected chi connectivity index (χ2v) is 2.63. The van der Waals surface area contributed by atoms with Crippen LogP contribution in [-0.4, -0.2) is 0 Å². The molecule has 0 nitrogen and oxygen atoms in total. The van der Waals surface area contributed by atoms with Gasteiger partial charge in [-0.05, 0) is 18.4 Å². The van der Waals surface area contributed by atoms with Gasteiger partial charge >= 0.3 is 0 Å². The van der Waals surface area contributed by atoms with Gasteiger partial charge in [0.2, 0.25) is 0 Å². The van der Waals surface area contributed by atoms with Crippen molar-refractivity contribution in [3.63, 3.8) is 0 Å². The summed E-state index contributed by atoms with van der Waals surface area (Å²) in [5, 5.41) is 0. The van der Waals surface area contributed by atoms with Gasteiger partial charge in [-0.3, -0.25) is 0 Å². The van der Waals surface area contributed by atoms with Crippen LogP contribution in [0, 0.1) is 6.58 Å². The lowest BCUT2D eigenvalue weighted by Gasteiger charge is -1.92. The van der Waals surface area contributed by atoms with Crippen LogP contribution in [0.3, 0.4) is 0 Å². The van der Waals surface area contributed by atoms with E-state index in [9.17, 15) is 0 Å². The zero-order valence-corrected chi connectivity index (χ0v) is 7.11. The molecule has 0 heterocycles. The van der Waals surface area contributed by atoms with Gasteiger partial charge in [0.25, 0.3) is 0 Å². The molecule has 0 aromatic heterocycles. The van der Waals surface area contributed by atoms with Crippen molar-refractivity contribution in [3.8, 4) is 0 Å². The van der Waals surface area contributed by atoms with E-state index in [4.69, 9.17) is 6.58 Å². The van der Waals surface area contributed by atoms with Gasteiger partial charge < -0.3 is 0 Å². The minimum atomic E-state index is 0.854. The SMILES string of the molecule is [CH]=CCC=CCc1ccccc1. The summed E-state index contributed by atoms with van der Waals surface area (Å²) < 4.78 is 0. The van der Waals surface area contributed by atoms with Crippen molar-refractivity contribution >= 4 is 0 Å². The predicted octanol–water partition coefficient (Wildman–Crippen LogP) is 3.16. The number of allylic oxidation sites excluding steroid dienone is 3. The first kappa shape index (κ1) is 8.79. The maximum absolute atomic E-state index is 5.23. The Kier molecular flexibility index (Phi) is 3.93. The third-order valence-electron chi connectivity index (χ3n) is 1.64. The van der Waals surface area contributed by atoms with Crippen LogP contribution in [0.4, 0.5) is 0 Å². The van der Waals surface area contributed by atoms with Gasteiger partial charge in [0, 0.05) is 0 Å². The van der Waals surface area contributed by atoms with Gasteiger partial charge in [0.05, 0.1) is 0 Å². The summed E-state index contributed by atoms with van der Waals surface area (Å²) in [5.41, 5.74) is 1.34. The van der Waals surface area contributed by atoms with Crippen LogP contribution in [0.1, 0.15) is 12.0 Å². The van der Waals surface area contributed by atoms with Crippen LogP contribution < -0.4 is 0 Å². The highest BCUT2D eigenvalue weighted by atomic mass is 13.9. The fourth-order valence-corrected chi connectivity index (χ4v) is 1.01. The summed E-state index contributed by atoms with van der Waals surface area (Å²) >= 11 is 0. The van der Waals surface area contributed by atoms with Crippen LogP contribution in [0.25, 0.3) is 0 Å². The minimum Gasteiger partial charge on any atom is -0.0844 e. The highest BCUT2D eigenvalue weighted by Gasteiger charge is 1.84. The lowest BCUT2D eigenvalue weighted by molar-refractivity contribution is 1.24. The van der Waals surface area contributed by atoms with Crippen molar-refractivity contribution in [2.45, 2.75) is 12.8 Å². The molecule has 0 atom stereocenters. The molecule has 0 fully saturated rings. The molecule has 0 amide bonds. The molecule has 0 saturated carbocycles. The van der Waals surface area contributed by atoms with Gasteiger partial charge in [-0.25, -0.2) is 0 Å². The molecule has 0 aliphatic heterocycles. The third-order valence-corrected chi connectivity index (χ3v) is 1.64. The van der Waals surface area contributed by atoms with Crippen molar-refractivity contribution in [2.75, 3.05) is 0 Å². The highest BCUT2D eigenvalue weighted by Crippen LogP contribution is 2.00. The Morgan fingerprint density at radius 3 is 2.50 bits per heavy atom. The van der Waals surface area contributed by atoms with E-state index in [0.29, 0.717) is 0 Å². The molecular formula is C12H13.